The van der Waals surface area contributed by atoms with Gasteiger partial charge in [0.15, 0.2) is 5.78 Å². The number of hydrogen-bond acceptors (Lipinski definition) is 4. The van der Waals surface area contributed by atoms with Crippen LogP contribution in [0, 0.1) is 17.6 Å². The molecule has 0 amide bonds. The largest absolute Gasteiger partial charge is 0.374 e. The minimum Gasteiger partial charge on any atom is -0.374 e. The third-order valence-corrected chi connectivity index (χ3v) is 5.87. The molecule has 2 aromatic carbocycles. The van der Waals surface area contributed by atoms with Crippen molar-refractivity contribution in [2.45, 2.75) is 25.6 Å². The van der Waals surface area contributed by atoms with Crippen LogP contribution in [0.25, 0.3) is 0 Å². The molecule has 2 aliphatic rings. The molecule has 6 heteroatoms. The average molecular weight is 386 g/mol. The molecule has 2 heterocycles. The molecule has 4 rings (SSSR count). The summed E-state index contributed by atoms with van der Waals surface area (Å²) in [6.45, 7) is 3.11. The highest BCUT2D eigenvalue weighted by molar-refractivity contribution is 5.97. The van der Waals surface area contributed by atoms with Crippen molar-refractivity contribution in [3.8, 4) is 0 Å². The molecule has 0 aromatic heterocycles. The van der Waals surface area contributed by atoms with E-state index in [2.05, 4.69) is 4.90 Å². The smallest absolute Gasteiger partial charge is 0.176 e. The fourth-order valence-corrected chi connectivity index (χ4v) is 4.22. The minimum absolute atomic E-state index is 0.000611. The summed E-state index contributed by atoms with van der Waals surface area (Å²) < 4.78 is 26.9. The van der Waals surface area contributed by atoms with Gasteiger partial charge in [-0.3, -0.25) is 14.6 Å². The number of benzene rings is 2. The van der Waals surface area contributed by atoms with Crippen molar-refractivity contribution in [1.82, 2.24) is 9.80 Å². The fourth-order valence-electron chi connectivity index (χ4n) is 4.22. The van der Waals surface area contributed by atoms with Crippen LogP contribution in [0.2, 0.25) is 0 Å². The number of aliphatic hydroxyl groups excluding tert-OH is 1. The van der Waals surface area contributed by atoms with Crippen molar-refractivity contribution in [2.75, 3.05) is 26.2 Å². The highest BCUT2D eigenvalue weighted by Gasteiger charge is 2.33. The summed E-state index contributed by atoms with van der Waals surface area (Å²) >= 11 is 0. The van der Waals surface area contributed by atoms with Gasteiger partial charge >= 0.3 is 0 Å². The van der Waals surface area contributed by atoms with Crippen LogP contribution in [0.3, 0.4) is 0 Å². The molecule has 0 spiro atoms. The predicted octanol–water partition coefficient (Wildman–Crippen LogP) is 3.37. The number of fused-ring (bicyclic) bond motifs is 1. The number of aliphatic hydroxyl groups is 1. The van der Waals surface area contributed by atoms with E-state index in [0.717, 1.165) is 32.5 Å². The fraction of sp³-hybridized carbons (Fsp3) is 0.409. The molecule has 0 saturated carbocycles. The van der Waals surface area contributed by atoms with Crippen LogP contribution in [0.5, 0.6) is 0 Å². The summed E-state index contributed by atoms with van der Waals surface area (Å²) in [5.74, 6) is -0.194. The first-order valence-corrected chi connectivity index (χ1v) is 9.72. The number of hydrogen-bond donors (Lipinski definition) is 1. The van der Waals surface area contributed by atoms with Gasteiger partial charge in [0.2, 0.25) is 0 Å². The van der Waals surface area contributed by atoms with E-state index >= 15 is 0 Å². The monoisotopic (exact) mass is 386 g/mol. The van der Waals surface area contributed by atoms with Crippen LogP contribution in [-0.4, -0.2) is 46.9 Å². The number of likely N-dealkylation sites (tertiary alicyclic amines) is 1. The Morgan fingerprint density at radius 3 is 2.46 bits per heavy atom. The summed E-state index contributed by atoms with van der Waals surface area (Å²) in [5.41, 5.74) is 1.79. The van der Waals surface area contributed by atoms with E-state index in [4.69, 9.17) is 0 Å². The second-order valence-electron chi connectivity index (χ2n) is 7.76. The van der Waals surface area contributed by atoms with Gasteiger partial charge in [0.05, 0.1) is 6.54 Å². The van der Waals surface area contributed by atoms with Crippen molar-refractivity contribution < 1.29 is 18.7 Å². The molecule has 1 saturated heterocycles. The molecule has 2 aliphatic heterocycles. The Labute approximate surface area is 163 Å². The number of carbonyl (C=O) groups excluding carboxylic acids is 1. The van der Waals surface area contributed by atoms with E-state index in [1.54, 1.807) is 12.1 Å². The quantitative estimate of drug-likeness (QED) is 0.801. The van der Waals surface area contributed by atoms with Crippen LogP contribution in [-0.2, 0) is 6.54 Å². The molecule has 1 atom stereocenters. The van der Waals surface area contributed by atoms with Crippen molar-refractivity contribution >= 4 is 5.78 Å². The first-order chi connectivity index (χ1) is 13.5. The van der Waals surface area contributed by atoms with Crippen LogP contribution in [0.15, 0.2) is 42.5 Å². The van der Waals surface area contributed by atoms with E-state index in [1.807, 2.05) is 4.90 Å². The zero-order valence-electron chi connectivity index (χ0n) is 15.7. The van der Waals surface area contributed by atoms with Crippen LogP contribution in [0.4, 0.5) is 8.78 Å². The molecule has 0 aliphatic carbocycles. The summed E-state index contributed by atoms with van der Waals surface area (Å²) in [6, 6.07) is 10.5. The lowest BCUT2D eigenvalue weighted by atomic mass is 9.95. The van der Waals surface area contributed by atoms with E-state index in [0.29, 0.717) is 35.7 Å². The van der Waals surface area contributed by atoms with Crippen molar-refractivity contribution in [2.24, 2.45) is 5.92 Å². The van der Waals surface area contributed by atoms with E-state index in [9.17, 15) is 18.7 Å². The Morgan fingerprint density at radius 2 is 1.79 bits per heavy atom. The zero-order valence-corrected chi connectivity index (χ0v) is 15.7. The van der Waals surface area contributed by atoms with Crippen molar-refractivity contribution in [3.63, 3.8) is 0 Å². The van der Waals surface area contributed by atoms with E-state index in [1.165, 1.54) is 30.3 Å². The Morgan fingerprint density at radius 1 is 1.07 bits per heavy atom. The predicted molar refractivity (Wildman–Crippen MR) is 102 cm³/mol. The third-order valence-electron chi connectivity index (χ3n) is 5.87. The Balaban J connectivity index is 1.27. The normalized spacial score (nSPS) is 21.0. The zero-order chi connectivity index (χ0) is 19.7. The number of piperidine rings is 1. The summed E-state index contributed by atoms with van der Waals surface area (Å²) in [6.07, 6.45) is 1.11. The highest BCUT2D eigenvalue weighted by Crippen LogP contribution is 2.34. The van der Waals surface area contributed by atoms with Gasteiger partial charge in [-0.05, 0) is 62.2 Å². The lowest BCUT2D eigenvalue weighted by Gasteiger charge is -2.34. The topological polar surface area (TPSA) is 43.8 Å². The van der Waals surface area contributed by atoms with Gasteiger partial charge in [-0.15, -0.1) is 0 Å². The molecular formula is C22H24F2N2O2. The van der Waals surface area contributed by atoms with Crippen LogP contribution < -0.4 is 0 Å². The summed E-state index contributed by atoms with van der Waals surface area (Å²) in [7, 11) is 0. The van der Waals surface area contributed by atoms with Gasteiger partial charge in [0, 0.05) is 29.8 Å². The van der Waals surface area contributed by atoms with Gasteiger partial charge < -0.3 is 5.11 Å². The SMILES string of the molecule is O=C(CN1CCC(CN2Cc3c(F)cccc3C2O)CC1)c1ccc(F)cc1. The number of ketones is 1. The van der Waals surface area contributed by atoms with Crippen molar-refractivity contribution in [3.05, 3.63) is 70.8 Å². The molecule has 0 radical (unpaired) electrons. The maximum Gasteiger partial charge on any atom is 0.176 e. The second-order valence-corrected chi connectivity index (χ2v) is 7.76. The first-order valence-electron chi connectivity index (χ1n) is 9.72. The molecular weight excluding hydrogens is 362 g/mol. The molecule has 2 aromatic rings. The number of nitrogens with zero attached hydrogens (tertiary/aromatic N) is 2. The third kappa shape index (κ3) is 3.99. The minimum atomic E-state index is -0.746. The lowest BCUT2D eigenvalue weighted by Crippen LogP contribution is -2.40. The molecule has 0 bridgehead atoms. The maximum atomic E-state index is 14.0. The second kappa shape index (κ2) is 8.07. The van der Waals surface area contributed by atoms with Crippen LogP contribution >= 0.6 is 0 Å². The van der Waals surface area contributed by atoms with Gasteiger partial charge in [0.25, 0.3) is 0 Å². The summed E-state index contributed by atoms with van der Waals surface area (Å²) in [5, 5.41) is 10.5. The van der Waals surface area contributed by atoms with Gasteiger partial charge in [0.1, 0.15) is 17.9 Å². The van der Waals surface area contributed by atoms with E-state index < -0.39 is 6.23 Å². The van der Waals surface area contributed by atoms with E-state index in [-0.39, 0.29) is 17.4 Å². The number of carbonyl (C=O) groups is 1. The lowest BCUT2D eigenvalue weighted by molar-refractivity contribution is -0.00361. The Bertz CT molecular complexity index is 848. The molecule has 1 fully saturated rings. The van der Waals surface area contributed by atoms with Crippen molar-refractivity contribution in [1.29, 1.82) is 0 Å². The average Bonchev–Trinajstić information content (AvgIpc) is 3.01. The standard InChI is InChI=1S/C22H24F2N2O2/c23-17-6-4-16(5-7-17)21(27)14-25-10-8-15(9-11-25)12-26-13-19-18(22(26)28)2-1-3-20(19)24/h1-7,15,22,28H,8-14H2. The number of halogens is 2. The Hall–Kier alpha value is -2.15. The van der Waals surface area contributed by atoms with Gasteiger partial charge in [-0.1, -0.05) is 12.1 Å². The molecule has 148 valence electrons. The summed E-state index contributed by atoms with van der Waals surface area (Å²) in [4.78, 5) is 16.4. The molecule has 1 unspecified atom stereocenters. The molecule has 4 nitrogen and oxygen atoms in total. The number of rotatable bonds is 5. The van der Waals surface area contributed by atoms with Crippen LogP contribution in [0.1, 0.15) is 40.6 Å². The Kier molecular flexibility index (Phi) is 5.53. The highest BCUT2D eigenvalue weighted by atomic mass is 19.1. The number of Topliss-reactive ketones (excluding diaryl/α,β-unsaturated/α-hetero) is 1. The molecule has 1 N–H and O–H groups in total. The first kappa shape index (κ1) is 19.2. The van der Waals surface area contributed by atoms with Gasteiger partial charge in [-0.2, -0.15) is 0 Å². The van der Waals surface area contributed by atoms with Gasteiger partial charge in [-0.25, -0.2) is 8.78 Å². The molecule has 28 heavy (non-hydrogen) atoms. The maximum absolute atomic E-state index is 14.0.